The number of nitrogens with zero attached hydrogens (tertiary/aromatic N) is 3. The highest BCUT2D eigenvalue weighted by molar-refractivity contribution is 6.31. The smallest absolute Gasteiger partial charge is 0.0724 e. The van der Waals surface area contributed by atoms with Gasteiger partial charge in [0.1, 0.15) is 0 Å². The van der Waals surface area contributed by atoms with E-state index in [4.69, 9.17) is 21.8 Å². The molecule has 4 aromatic rings. The van der Waals surface area contributed by atoms with E-state index in [2.05, 4.69) is 65.6 Å². The molecule has 0 atom stereocenters. The van der Waals surface area contributed by atoms with Gasteiger partial charge in [-0.1, -0.05) is 66.2 Å². The molecule has 2 heterocycles. The Hall–Kier alpha value is -3.61. The highest BCUT2D eigenvalue weighted by Gasteiger charge is 2.22. The van der Waals surface area contributed by atoms with Gasteiger partial charge >= 0.3 is 0 Å². The van der Waals surface area contributed by atoms with Crippen LogP contribution in [0.1, 0.15) is 34.4 Å². The van der Waals surface area contributed by atoms with E-state index in [0.717, 1.165) is 48.1 Å². The van der Waals surface area contributed by atoms with Gasteiger partial charge in [0.25, 0.3) is 0 Å². The van der Waals surface area contributed by atoms with Crippen molar-refractivity contribution in [2.24, 2.45) is 0 Å². The number of hydrogen-bond acceptors (Lipinski definition) is 3. The maximum atomic E-state index is 9.02. The van der Waals surface area contributed by atoms with Gasteiger partial charge in [-0.3, -0.25) is 0 Å². The third-order valence-electron chi connectivity index (χ3n) is 6.12. The van der Waals surface area contributed by atoms with Gasteiger partial charge in [-0.25, -0.2) is 4.98 Å². The largest absolute Gasteiger partial charge is 0.366 e. The molecule has 0 fully saturated rings. The summed E-state index contributed by atoms with van der Waals surface area (Å²) in [5.74, 6) is 0. The maximum Gasteiger partial charge on any atom is 0.0724 e. The molecule has 0 saturated heterocycles. The van der Waals surface area contributed by atoms with Gasteiger partial charge in [0.2, 0.25) is 0 Å². The van der Waals surface area contributed by atoms with Gasteiger partial charge in [0.15, 0.2) is 0 Å². The summed E-state index contributed by atoms with van der Waals surface area (Å²) in [5.41, 5.74) is 8.24. The summed E-state index contributed by atoms with van der Waals surface area (Å²) >= 11 is 6.12. The van der Waals surface area contributed by atoms with Gasteiger partial charge < -0.3 is 4.90 Å². The van der Waals surface area contributed by atoms with E-state index < -0.39 is 0 Å². The summed E-state index contributed by atoms with van der Waals surface area (Å²) in [6, 6.07) is 27.3. The second-order valence-electron chi connectivity index (χ2n) is 8.41. The second-order valence-corrected chi connectivity index (χ2v) is 8.84. The molecule has 1 aromatic heterocycles. The number of pyridine rings is 1. The van der Waals surface area contributed by atoms with Crippen LogP contribution in [0.5, 0.6) is 0 Å². The lowest BCUT2D eigenvalue weighted by atomic mass is 10.0. The van der Waals surface area contributed by atoms with Crippen molar-refractivity contribution in [1.82, 2.24) is 4.98 Å². The Bertz CT molecular complexity index is 1380. The van der Waals surface area contributed by atoms with Crippen molar-refractivity contribution in [1.29, 1.82) is 5.26 Å². The van der Waals surface area contributed by atoms with Crippen LogP contribution in [-0.4, -0.2) is 11.5 Å². The third-order valence-corrected chi connectivity index (χ3v) is 6.36. The lowest BCUT2D eigenvalue weighted by Crippen LogP contribution is -2.20. The quantitative estimate of drug-likeness (QED) is 0.316. The third kappa shape index (κ3) is 4.77. The molecule has 0 bridgehead atoms. The molecule has 162 valence electrons. The fourth-order valence-electron chi connectivity index (χ4n) is 4.57. The van der Waals surface area contributed by atoms with E-state index in [9.17, 15) is 0 Å². The molecule has 0 N–H and O–H groups in total. The minimum absolute atomic E-state index is 0.555. The number of halogens is 1. The average molecular weight is 450 g/mol. The summed E-state index contributed by atoms with van der Waals surface area (Å²) in [5, 5.41) is 10.8. The molecule has 3 aromatic carbocycles. The fourth-order valence-corrected chi connectivity index (χ4v) is 4.73. The summed E-state index contributed by atoms with van der Waals surface area (Å²) in [7, 11) is 0. The SMILES string of the molecule is N#CCCc1cccc2c1N(Cc1cccc(/C=C/c3ccc4ccc(Cl)cc4n3)c1)CC2. The first kappa shape index (κ1) is 21.2. The predicted octanol–water partition coefficient (Wildman–Crippen LogP) is 7.08. The minimum atomic E-state index is 0.555. The maximum absolute atomic E-state index is 9.02. The lowest BCUT2D eigenvalue weighted by Gasteiger charge is -2.22. The van der Waals surface area contributed by atoms with Crippen LogP contribution in [-0.2, 0) is 19.4 Å². The Labute approximate surface area is 199 Å². The first-order valence-corrected chi connectivity index (χ1v) is 11.6. The van der Waals surface area contributed by atoms with Gasteiger partial charge in [0.05, 0.1) is 17.3 Å². The summed E-state index contributed by atoms with van der Waals surface area (Å²) in [4.78, 5) is 7.17. The highest BCUT2D eigenvalue weighted by Crippen LogP contribution is 2.34. The monoisotopic (exact) mass is 449 g/mol. The van der Waals surface area contributed by atoms with Crippen molar-refractivity contribution in [3.05, 3.63) is 106 Å². The van der Waals surface area contributed by atoms with Gasteiger partial charge in [-0.15, -0.1) is 0 Å². The number of benzene rings is 3. The van der Waals surface area contributed by atoms with Crippen molar-refractivity contribution in [2.75, 3.05) is 11.4 Å². The zero-order valence-electron chi connectivity index (χ0n) is 18.3. The molecule has 1 aliphatic rings. The predicted molar refractivity (Wildman–Crippen MR) is 137 cm³/mol. The average Bonchev–Trinajstić information content (AvgIpc) is 3.24. The van der Waals surface area contributed by atoms with E-state index in [1.807, 2.05) is 30.3 Å². The van der Waals surface area contributed by atoms with Crippen LogP contribution < -0.4 is 4.90 Å². The minimum Gasteiger partial charge on any atom is -0.366 e. The van der Waals surface area contributed by atoms with Crippen LogP contribution in [0.4, 0.5) is 5.69 Å². The number of hydrogen-bond donors (Lipinski definition) is 0. The second kappa shape index (κ2) is 9.48. The fraction of sp³-hybridized carbons (Fsp3) is 0.172. The van der Waals surface area contributed by atoms with Crippen molar-refractivity contribution >= 4 is 40.3 Å². The standard InChI is InChI=1S/C29H24ClN3/c30-26-12-10-23-11-14-27(32-28(23)19-26)13-9-21-4-1-5-22(18-21)20-33-17-15-25-7-2-6-24(29(25)33)8-3-16-31/h1-2,4-7,9-14,18-19H,3,8,15,17,20H2/b13-9+. The highest BCUT2D eigenvalue weighted by atomic mass is 35.5. The summed E-state index contributed by atoms with van der Waals surface area (Å²) < 4.78 is 0. The van der Waals surface area contributed by atoms with E-state index in [1.165, 1.54) is 22.4 Å². The first-order valence-electron chi connectivity index (χ1n) is 11.3. The van der Waals surface area contributed by atoms with Crippen LogP contribution in [0.2, 0.25) is 5.02 Å². The zero-order valence-corrected chi connectivity index (χ0v) is 19.1. The Kier molecular flexibility index (Phi) is 6.11. The lowest BCUT2D eigenvalue weighted by molar-refractivity contribution is 0.829. The molecule has 0 amide bonds. The molecule has 4 heteroatoms. The molecule has 0 unspecified atom stereocenters. The van der Waals surface area contributed by atoms with E-state index in [1.54, 1.807) is 0 Å². The molecule has 0 saturated carbocycles. The molecule has 0 spiro atoms. The van der Waals surface area contributed by atoms with Gasteiger partial charge in [-0.2, -0.15) is 5.26 Å². The summed E-state index contributed by atoms with van der Waals surface area (Å²) in [6.07, 6.45) is 6.58. The molecular weight excluding hydrogens is 426 g/mol. The number of aryl methyl sites for hydroxylation is 1. The van der Waals surface area contributed by atoms with Crippen LogP contribution >= 0.6 is 11.6 Å². The van der Waals surface area contributed by atoms with Crippen molar-refractivity contribution < 1.29 is 0 Å². The Balaban J connectivity index is 1.35. The number of anilines is 1. The molecule has 1 aliphatic heterocycles. The van der Waals surface area contributed by atoms with Crippen molar-refractivity contribution in [3.63, 3.8) is 0 Å². The van der Waals surface area contributed by atoms with Gasteiger partial charge in [0, 0.05) is 35.6 Å². The Morgan fingerprint density at radius 3 is 2.79 bits per heavy atom. The molecule has 0 aliphatic carbocycles. The number of rotatable bonds is 6. The molecular formula is C29H24ClN3. The van der Waals surface area contributed by atoms with Crippen LogP contribution in [0, 0.1) is 11.3 Å². The first-order chi connectivity index (χ1) is 16.2. The number of aromatic nitrogens is 1. The van der Waals surface area contributed by atoms with Crippen molar-refractivity contribution in [2.45, 2.75) is 25.8 Å². The van der Waals surface area contributed by atoms with E-state index >= 15 is 0 Å². The molecule has 3 nitrogen and oxygen atoms in total. The number of nitriles is 1. The normalized spacial score (nSPS) is 12.9. The van der Waals surface area contributed by atoms with Crippen LogP contribution in [0.3, 0.4) is 0 Å². The zero-order chi connectivity index (χ0) is 22.6. The molecule has 5 rings (SSSR count). The van der Waals surface area contributed by atoms with Gasteiger partial charge in [-0.05, 0) is 65.4 Å². The van der Waals surface area contributed by atoms with E-state index in [-0.39, 0.29) is 0 Å². The number of fused-ring (bicyclic) bond motifs is 2. The van der Waals surface area contributed by atoms with E-state index in [0.29, 0.717) is 11.4 Å². The summed E-state index contributed by atoms with van der Waals surface area (Å²) in [6.45, 7) is 1.88. The molecule has 33 heavy (non-hydrogen) atoms. The number of para-hydroxylation sites is 1. The van der Waals surface area contributed by atoms with Crippen molar-refractivity contribution in [3.8, 4) is 6.07 Å². The topological polar surface area (TPSA) is 39.9 Å². The Morgan fingerprint density at radius 2 is 1.88 bits per heavy atom. The Morgan fingerprint density at radius 1 is 1.00 bits per heavy atom. The van der Waals surface area contributed by atoms with Crippen LogP contribution in [0.15, 0.2) is 72.8 Å². The molecule has 0 radical (unpaired) electrons. The van der Waals surface area contributed by atoms with Crippen LogP contribution in [0.25, 0.3) is 23.1 Å².